The summed E-state index contributed by atoms with van der Waals surface area (Å²) < 4.78 is 5.23. The van der Waals surface area contributed by atoms with E-state index in [0.717, 1.165) is 29.7 Å². The number of benzene rings is 1. The predicted octanol–water partition coefficient (Wildman–Crippen LogP) is 2.62. The zero-order valence-corrected chi connectivity index (χ0v) is 12.6. The van der Waals surface area contributed by atoms with Gasteiger partial charge in [0.15, 0.2) is 5.82 Å². The third kappa shape index (κ3) is 2.55. The molecule has 1 aliphatic rings. The van der Waals surface area contributed by atoms with E-state index in [1.54, 1.807) is 0 Å². The summed E-state index contributed by atoms with van der Waals surface area (Å²) >= 11 is 0. The van der Waals surface area contributed by atoms with Gasteiger partial charge >= 0.3 is 0 Å². The fraction of sp³-hybridized carbons (Fsp3) is 0.438. The smallest absolute Gasteiger partial charge is 0.254 e. The molecule has 5 nitrogen and oxygen atoms in total. The molecule has 0 aliphatic carbocycles. The molecule has 0 radical (unpaired) electrons. The lowest BCUT2D eigenvalue weighted by Gasteiger charge is -2.18. The topological polar surface area (TPSA) is 59.2 Å². The number of carbonyl (C=O) groups is 1. The first kappa shape index (κ1) is 13.8. The molecule has 110 valence electrons. The van der Waals surface area contributed by atoms with Crippen LogP contribution in [0.1, 0.15) is 45.5 Å². The Morgan fingerprint density at radius 1 is 1.29 bits per heavy atom. The summed E-state index contributed by atoms with van der Waals surface area (Å²) in [7, 11) is 0. The van der Waals surface area contributed by atoms with Crippen LogP contribution in [0.25, 0.3) is 0 Å². The molecule has 0 N–H and O–H groups in total. The number of aryl methyl sites for hydroxylation is 3. The van der Waals surface area contributed by atoms with Crippen molar-refractivity contribution < 1.29 is 9.32 Å². The van der Waals surface area contributed by atoms with Crippen LogP contribution in [0.5, 0.6) is 0 Å². The number of hydrogen-bond acceptors (Lipinski definition) is 4. The highest BCUT2D eigenvalue weighted by molar-refractivity contribution is 5.97. The van der Waals surface area contributed by atoms with E-state index in [-0.39, 0.29) is 11.8 Å². The first-order valence-corrected chi connectivity index (χ1v) is 7.22. The average Bonchev–Trinajstić information content (AvgIpc) is 3.06. The molecule has 1 unspecified atom stereocenters. The van der Waals surface area contributed by atoms with Crippen molar-refractivity contribution in [3.05, 3.63) is 46.6 Å². The van der Waals surface area contributed by atoms with Gasteiger partial charge in [0.2, 0.25) is 5.89 Å². The molecule has 1 fully saturated rings. The monoisotopic (exact) mass is 285 g/mol. The van der Waals surface area contributed by atoms with Crippen LogP contribution in [0.15, 0.2) is 22.7 Å². The first-order chi connectivity index (χ1) is 10.1. The van der Waals surface area contributed by atoms with Crippen LogP contribution in [0.2, 0.25) is 0 Å². The van der Waals surface area contributed by atoms with Gasteiger partial charge in [0.25, 0.3) is 5.91 Å². The van der Waals surface area contributed by atoms with E-state index in [2.05, 4.69) is 10.1 Å². The summed E-state index contributed by atoms with van der Waals surface area (Å²) in [5.41, 5.74) is 2.87. The molecule has 1 aromatic heterocycles. The lowest BCUT2D eigenvalue weighted by atomic mass is 10.0. The van der Waals surface area contributed by atoms with Gasteiger partial charge in [-0.3, -0.25) is 4.79 Å². The standard InChI is InChI=1S/C16H19N3O2/c1-10-5-4-6-11(2)14(10)16(20)19-8-7-13(9-19)15-17-12(3)18-21-15/h4-6,13H,7-9H2,1-3H3. The first-order valence-electron chi connectivity index (χ1n) is 7.22. The molecule has 5 heteroatoms. The van der Waals surface area contributed by atoms with Crippen molar-refractivity contribution in [3.8, 4) is 0 Å². The van der Waals surface area contributed by atoms with Crippen molar-refractivity contribution >= 4 is 5.91 Å². The Morgan fingerprint density at radius 2 is 2.00 bits per heavy atom. The van der Waals surface area contributed by atoms with Gasteiger partial charge in [0.1, 0.15) is 0 Å². The predicted molar refractivity (Wildman–Crippen MR) is 78.2 cm³/mol. The van der Waals surface area contributed by atoms with E-state index in [4.69, 9.17) is 4.52 Å². The molecular formula is C16H19N3O2. The molecular weight excluding hydrogens is 266 g/mol. The number of amides is 1. The lowest BCUT2D eigenvalue weighted by molar-refractivity contribution is 0.0788. The van der Waals surface area contributed by atoms with Gasteiger partial charge < -0.3 is 9.42 Å². The molecule has 1 aromatic carbocycles. The SMILES string of the molecule is Cc1noc(C2CCN(C(=O)c3c(C)cccc3C)C2)n1. The summed E-state index contributed by atoms with van der Waals surface area (Å²) in [6, 6.07) is 5.94. The van der Waals surface area contributed by atoms with Gasteiger partial charge in [-0.2, -0.15) is 4.98 Å². The van der Waals surface area contributed by atoms with Crippen LogP contribution in [0.3, 0.4) is 0 Å². The van der Waals surface area contributed by atoms with Crippen molar-refractivity contribution in [1.82, 2.24) is 15.0 Å². The van der Waals surface area contributed by atoms with Gasteiger partial charge in [-0.05, 0) is 38.3 Å². The normalized spacial score (nSPS) is 18.2. The lowest BCUT2D eigenvalue weighted by Crippen LogP contribution is -2.29. The molecule has 0 spiro atoms. The zero-order chi connectivity index (χ0) is 15.0. The molecule has 2 heterocycles. The maximum Gasteiger partial charge on any atom is 0.254 e. The molecule has 1 aliphatic heterocycles. The Kier molecular flexibility index (Phi) is 3.49. The van der Waals surface area contributed by atoms with E-state index >= 15 is 0 Å². The number of nitrogens with zero attached hydrogens (tertiary/aromatic N) is 3. The molecule has 3 rings (SSSR count). The Bertz CT molecular complexity index is 658. The third-order valence-corrected chi connectivity index (χ3v) is 4.06. The number of aromatic nitrogens is 2. The van der Waals surface area contributed by atoms with E-state index in [1.165, 1.54) is 0 Å². The van der Waals surface area contributed by atoms with Crippen LogP contribution < -0.4 is 0 Å². The van der Waals surface area contributed by atoms with Gasteiger partial charge in [-0.25, -0.2) is 0 Å². The number of rotatable bonds is 2. The summed E-state index contributed by atoms with van der Waals surface area (Å²) in [5.74, 6) is 1.54. The highest BCUT2D eigenvalue weighted by Crippen LogP contribution is 2.28. The van der Waals surface area contributed by atoms with Crippen LogP contribution in [0.4, 0.5) is 0 Å². The van der Waals surface area contributed by atoms with Crippen molar-refractivity contribution in [2.24, 2.45) is 0 Å². The molecule has 2 aromatic rings. The zero-order valence-electron chi connectivity index (χ0n) is 12.6. The quantitative estimate of drug-likeness (QED) is 0.851. The van der Waals surface area contributed by atoms with Crippen LogP contribution >= 0.6 is 0 Å². The second-order valence-corrected chi connectivity index (χ2v) is 5.68. The minimum absolute atomic E-state index is 0.101. The molecule has 0 saturated carbocycles. The Labute approximate surface area is 124 Å². The Balaban J connectivity index is 1.78. The second kappa shape index (κ2) is 5.31. The van der Waals surface area contributed by atoms with Crippen molar-refractivity contribution in [2.75, 3.05) is 13.1 Å². The van der Waals surface area contributed by atoms with E-state index in [1.807, 2.05) is 43.9 Å². The summed E-state index contributed by atoms with van der Waals surface area (Å²) in [6.45, 7) is 7.15. The van der Waals surface area contributed by atoms with E-state index in [9.17, 15) is 4.79 Å². The molecule has 21 heavy (non-hydrogen) atoms. The minimum atomic E-state index is 0.101. The third-order valence-electron chi connectivity index (χ3n) is 4.06. The summed E-state index contributed by atoms with van der Waals surface area (Å²) in [5, 5.41) is 3.83. The largest absolute Gasteiger partial charge is 0.339 e. The highest BCUT2D eigenvalue weighted by Gasteiger charge is 2.32. The van der Waals surface area contributed by atoms with Crippen LogP contribution in [-0.2, 0) is 0 Å². The number of carbonyl (C=O) groups excluding carboxylic acids is 1. The van der Waals surface area contributed by atoms with Gasteiger partial charge in [-0.1, -0.05) is 23.4 Å². The fourth-order valence-corrected chi connectivity index (χ4v) is 2.94. The van der Waals surface area contributed by atoms with Gasteiger partial charge in [0.05, 0.1) is 5.92 Å². The van der Waals surface area contributed by atoms with Crippen molar-refractivity contribution in [1.29, 1.82) is 0 Å². The molecule has 1 saturated heterocycles. The molecule has 1 atom stereocenters. The van der Waals surface area contributed by atoms with Crippen LogP contribution in [-0.4, -0.2) is 34.0 Å². The highest BCUT2D eigenvalue weighted by atomic mass is 16.5. The van der Waals surface area contributed by atoms with Gasteiger partial charge in [0, 0.05) is 18.7 Å². The Morgan fingerprint density at radius 3 is 2.62 bits per heavy atom. The maximum absolute atomic E-state index is 12.7. The maximum atomic E-state index is 12.7. The number of likely N-dealkylation sites (tertiary alicyclic amines) is 1. The minimum Gasteiger partial charge on any atom is -0.339 e. The van der Waals surface area contributed by atoms with Crippen LogP contribution in [0, 0.1) is 20.8 Å². The molecule has 1 amide bonds. The second-order valence-electron chi connectivity index (χ2n) is 5.68. The van der Waals surface area contributed by atoms with Crippen molar-refractivity contribution in [2.45, 2.75) is 33.1 Å². The molecule has 0 bridgehead atoms. The average molecular weight is 285 g/mol. The summed E-state index contributed by atoms with van der Waals surface area (Å²) in [4.78, 5) is 18.9. The summed E-state index contributed by atoms with van der Waals surface area (Å²) in [6.07, 6.45) is 0.873. The van der Waals surface area contributed by atoms with Crippen molar-refractivity contribution in [3.63, 3.8) is 0 Å². The number of hydrogen-bond donors (Lipinski definition) is 0. The van der Waals surface area contributed by atoms with Gasteiger partial charge in [-0.15, -0.1) is 0 Å². The Hall–Kier alpha value is -2.17. The fourth-order valence-electron chi connectivity index (χ4n) is 2.94. The van der Waals surface area contributed by atoms with E-state index in [0.29, 0.717) is 18.3 Å². The van der Waals surface area contributed by atoms with E-state index < -0.39 is 0 Å².